The van der Waals surface area contributed by atoms with Crippen LogP contribution in [0.4, 0.5) is 10.1 Å². The van der Waals surface area contributed by atoms with Gasteiger partial charge in [0.05, 0.1) is 21.7 Å². The van der Waals surface area contributed by atoms with E-state index in [1.807, 2.05) is 0 Å². The molecule has 0 saturated heterocycles. The molecule has 1 amide bonds. The van der Waals surface area contributed by atoms with Gasteiger partial charge in [-0.25, -0.2) is 12.8 Å². The van der Waals surface area contributed by atoms with Crippen molar-refractivity contribution >= 4 is 60.7 Å². The standard InChI is InChI=1S/C24H19ClFN3O5S2/c1-2-34-22(30)14-29-20-12-7-17(26)13-21(20)35-24(29)27-23(31)15-3-8-18(9-4-15)28-36(32,33)19-10-5-16(25)6-11-19/h3-13,28H,2,14H2,1H3. The minimum atomic E-state index is -3.85. The van der Waals surface area contributed by atoms with Gasteiger partial charge in [-0.05, 0) is 73.7 Å². The predicted molar refractivity (Wildman–Crippen MR) is 135 cm³/mol. The highest BCUT2D eigenvalue weighted by Gasteiger charge is 2.16. The number of ether oxygens (including phenoxy) is 1. The lowest BCUT2D eigenvalue weighted by Crippen LogP contribution is -2.23. The monoisotopic (exact) mass is 547 g/mol. The fourth-order valence-corrected chi connectivity index (χ4v) is 5.52. The van der Waals surface area contributed by atoms with Gasteiger partial charge >= 0.3 is 5.97 Å². The van der Waals surface area contributed by atoms with Crippen molar-refractivity contribution in [1.29, 1.82) is 0 Å². The summed E-state index contributed by atoms with van der Waals surface area (Å²) in [5, 5.41) is 0.410. The average Bonchev–Trinajstić information content (AvgIpc) is 3.15. The third kappa shape index (κ3) is 5.81. The van der Waals surface area contributed by atoms with E-state index in [9.17, 15) is 22.4 Å². The molecule has 0 aliphatic rings. The van der Waals surface area contributed by atoms with E-state index in [4.69, 9.17) is 16.3 Å². The molecule has 0 saturated carbocycles. The van der Waals surface area contributed by atoms with Crippen LogP contribution in [0.25, 0.3) is 10.2 Å². The second-order valence-corrected chi connectivity index (χ2v) is 10.6. The summed E-state index contributed by atoms with van der Waals surface area (Å²) in [6.45, 7) is 1.67. The zero-order valence-electron chi connectivity index (χ0n) is 18.8. The highest BCUT2D eigenvalue weighted by molar-refractivity contribution is 7.92. The van der Waals surface area contributed by atoms with Crippen molar-refractivity contribution in [3.05, 3.63) is 87.9 Å². The topological polar surface area (TPSA) is 107 Å². The van der Waals surface area contributed by atoms with Gasteiger partial charge in [-0.3, -0.25) is 14.3 Å². The van der Waals surface area contributed by atoms with Gasteiger partial charge in [-0.1, -0.05) is 22.9 Å². The first-order valence-electron chi connectivity index (χ1n) is 10.6. The van der Waals surface area contributed by atoms with E-state index in [0.717, 1.165) is 11.3 Å². The smallest absolute Gasteiger partial charge is 0.326 e. The van der Waals surface area contributed by atoms with Gasteiger partial charge in [0.1, 0.15) is 12.4 Å². The SMILES string of the molecule is CCOC(=O)Cn1c(=NC(=O)c2ccc(NS(=O)(=O)c3ccc(Cl)cc3)cc2)sc2cc(F)ccc21. The molecule has 36 heavy (non-hydrogen) atoms. The molecule has 0 radical (unpaired) electrons. The van der Waals surface area contributed by atoms with Crippen molar-refractivity contribution in [3.8, 4) is 0 Å². The number of esters is 1. The maximum atomic E-state index is 13.7. The molecule has 0 bridgehead atoms. The number of aromatic nitrogens is 1. The Kier molecular flexibility index (Phi) is 7.53. The molecule has 12 heteroatoms. The number of nitrogens with zero attached hydrogens (tertiary/aromatic N) is 2. The third-order valence-corrected chi connectivity index (χ3v) is 7.63. The number of halogens is 2. The van der Waals surface area contributed by atoms with Crippen LogP contribution in [0.1, 0.15) is 17.3 Å². The number of carbonyl (C=O) groups is 2. The second-order valence-electron chi connectivity index (χ2n) is 7.44. The summed E-state index contributed by atoms with van der Waals surface area (Å²) >= 11 is 6.87. The highest BCUT2D eigenvalue weighted by Crippen LogP contribution is 2.21. The highest BCUT2D eigenvalue weighted by atomic mass is 35.5. The van der Waals surface area contributed by atoms with E-state index in [1.165, 1.54) is 71.3 Å². The minimum Gasteiger partial charge on any atom is -0.465 e. The van der Waals surface area contributed by atoms with Crippen LogP contribution < -0.4 is 9.52 Å². The molecule has 0 unspecified atom stereocenters. The number of anilines is 1. The van der Waals surface area contributed by atoms with Gasteiger partial charge in [0.2, 0.25) is 0 Å². The minimum absolute atomic E-state index is 0.0365. The van der Waals surface area contributed by atoms with Gasteiger partial charge in [0, 0.05) is 16.3 Å². The molecule has 0 aliphatic heterocycles. The first kappa shape index (κ1) is 25.5. The molecule has 0 aliphatic carbocycles. The van der Waals surface area contributed by atoms with Crippen LogP contribution in [0.5, 0.6) is 0 Å². The Morgan fingerprint density at radius 1 is 1.08 bits per heavy atom. The average molecular weight is 548 g/mol. The first-order chi connectivity index (χ1) is 17.2. The fraction of sp³-hybridized carbons (Fsp3) is 0.125. The van der Waals surface area contributed by atoms with Crippen LogP contribution in [0.15, 0.2) is 76.6 Å². The number of nitrogens with one attached hydrogen (secondary N) is 1. The lowest BCUT2D eigenvalue weighted by molar-refractivity contribution is -0.143. The van der Waals surface area contributed by atoms with Gasteiger partial charge in [0.25, 0.3) is 15.9 Å². The molecule has 186 valence electrons. The molecular formula is C24H19ClFN3O5S2. The van der Waals surface area contributed by atoms with Crippen molar-refractivity contribution in [1.82, 2.24) is 4.57 Å². The van der Waals surface area contributed by atoms with Crippen LogP contribution in [-0.4, -0.2) is 31.5 Å². The first-order valence-corrected chi connectivity index (χ1v) is 13.3. The summed E-state index contributed by atoms with van der Waals surface area (Å²) in [6.07, 6.45) is 0. The Labute approximate surface area is 214 Å². The third-order valence-electron chi connectivity index (χ3n) is 4.94. The normalized spacial score (nSPS) is 12.0. The molecule has 0 spiro atoms. The van der Waals surface area contributed by atoms with Crippen LogP contribution >= 0.6 is 22.9 Å². The van der Waals surface area contributed by atoms with E-state index >= 15 is 0 Å². The van der Waals surface area contributed by atoms with E-state index in [2.05, 4.69) is 9.71 Å². The van der Waals surface area contributed by atoms with Gasteiger partial charge in [-0.15, -0.1) is 0 Å². The fourth-order valence-electron chi connectivity index (χ4n) is 3.28. The Morgan fingerprint density at radius 3 is 2.44 bits per heavy atom. The van der Waals surface area contributed by atoms with E-state index in [-0.39, 0.29) is 34.1 Å². The van der Waals surface area contributed by atoms with Crippen LogP contribution in [-0.2, 0) is 26.1 Å². The zero-order valence-corrected chi connectivity index (χ0v) is 21.2. The van der Waals surface area contributed by atoms with E-state index < -0.39 is 27.7 Å². The van der Waals surface area contributed by atoms with Gasteiger partial charge in [0.15, 0.2) is 4.80 Å². The molecule has 8 nitrogen and oxygen atoms in total. The number of thiazole rings is 1. The molecule has 3 aromatic carbocycles. The lowest BCUT2D eigenvalue weighted by Gasteiger charge is -2.08. The Hall–Kier alpha value is -3.54. The predicted octanol–water partition coefficient (Wildman–Crippen LogP) is 4.60. The number of sulfonamides is 1. The molecule has 4 aromatic rings. The van der Waals surface area contributed by atoms with E-state index in [1.54, 1.807) is 6.92 Å². The number of hydrogen-bond donors (Lipinski definition) is 1. The molecule has 1 aromatic heterocycles. The number of amides is 1. The Balaban J connectivity index is 1.61. The number of rotatable bonds is 7. The largest absolute Gasteiger partial charge is 0.465 e. The quantitative estimate of drug-likeness (QED) is 0.340. The molecular weight excluding hydrogens is 529 g/mol. The van der Waals surface area contributed by atoms with Crippen LogP contribution in [0.3, 0.4) is 0 Å². The summed E-state index contributed by atoms with van der Waals surface area (Å²) in [5.74, 6) is -1.60. The summed E-state index contributed by atoms with van der Waals surface area (Å²) in [5.41, 5.74) is 0.972. The maximum Gasteiger partial charge on any atom is 0.326 e. The number of carbonyl (C=O) groups excluding carboxylic acids is 2. The number of benzene rings is 3. The van der Waals surface area contributed by atoms with Crippen LogP contribution in [0.2, 0.25) is 5.02 Å². The summed E-state index contributed by atoms with van der Waals surface area (Å²) in [7, 11) is -3.85. The molecule has 0 fully saturated rings. The molecule has 4 rings (SSSR count). The van der Waals surface area contributed by atoms with Crippen molar-refractivity contribution in [2.24, 2.45) is 4.99 Å². The molecule has 1 heterocycles. The van der Waals surface area contributed by atoms with Crippen molar-refractivity contribution in [3.63, 3.8) is 0 Å². The number of hydrogen-bond acceptors (Lipinski definition) is 6. The van der Waals surface area contributed by atoms with Gasteiger partial charge < -0.3 is 9.30 Å². The zero-order chi connectivity index (χ0) is 25.9. The Morgan fingerprint density at radius 2 is 1.78 bits per heavy atom. The van der Waals surface area contributed by atoms with Crippen molar-refractivity contribution in [2.45, 2.75) is 18.4 Å². The summed E-state index contributed by atoms with van der Waals surface area (Å²) < 4.78 is 48.3. The van der Waals surface area contributed by atoms with Crippen molar-refractivity contribution < 1.29 is 27.1 Å². The molecule has 1 N–H and O–H groups in total. The summed E-state index contributed by atoms with van der Waals surface area (Å²) in [6, 6.07) is 15.5. The number of fused-ring (bicyclic) bond motifs is 1. The summed E-state index contributed by atoms with van der Waals surface area (Å²) in [4.78, 5) is 29.3. The van der Waals surface area contributed by atoms with Crippen molar-refractivity contribution in [2.75, 3.05) is 11.3 Å². The van der Waals surface area contributed by atoms with E-state index in [0.29, 0.717) is 15.2 Å². The van der Waals surface area contributed by atoms with Gasteiger partial charge in [-0.2, -0.15) is 4.99 Å². The van der Waals surface area contributed by atoms with Crippen LogP contribution in [0, 0.1) is 5.82 Å². The second kappa shape index (κ2) is 10.6. The Bertz CT molecular complexity index is 1610. The lowest BCUT2D eigenvalue weighted by atomic mass is 10.2. The molecule has 0 atom stereocenters. The maximum absolute atomic E-state index is 13.7.